The first-order valence-corrected chi connectivity index (χ1v) is 6.36. The lowest BCUT2D eigenvalue weighted by atomic mass is 10.1. The Labute approximate surface area is 113 Å². The lowest BCUT2D eigenvalue weighted by Crippen LogP contribution is -1.98. The summed E-state index contributed by atoms with van der Waals surface area (Å²) in [4.78, 5) is 4.10. The first-order valence-electron chi connectivity index (χ1n) is 6.36. The Kier molecular flexibility index (Phi) is 4.23. The molecule has 0 spiro atoms. The molecular formula is C15H18N2O2. The van der Waals surface area contributed by atoms with Crippen LogP contribution in [0.5, 0.6) is 11.5 Å². The van der Waals surface area contributed by atoms with Crippen molar-refractivity contribution < 1.29 is 9.47 Å². The number of hydrogen-bond donors (Lipinski definition) is 1. The summed E-state index contributed by atoms with van der Waals surface area (Å²) in [5, 5.41) is 0. The number of rotatable bonds is 5. The normalized spacial score (nSPS) is 10.2. The van der Waals surface area contributed by atoms with E-state index in [-0.39, 0.29) is 0 Å². The van der Waals surface area contributed by atoms with Gasteiger partial charge in [-0.1, -0.05) is 6.07 Å². The molecule has 0 atom stereocenters. The van der Waals surface area contributed by atoms with E-state index in [0.29, 0.717) is 19.0 Å². The van der Waals surface area contributed by atoms with E-state index in [0.717, 1.165) is 22.6 Å². The van der Waals surface area contributed by atoms with Gasteiger partial charge in [-0.2, -0.15) is 0 Å². The predicted molar refractivity (Wildman–Crippen MR) is 76.4 cm³/mol. The van der Waals surface area contributed by atoms with Crippen LogP contribution in [0.4, 0.5) is 5.82 Å². The number of ether oxygens (including phenoxy) is 2. The predicted octanol–water partition coefficient (Wildman–Crippen LogP) is 3.13. The molecule has 2 aromatic rings. The number of nitrogens with two attached hydrogens (primary N) is 1. The highest BCUT2D eigenvalue weighted by Gasteiger charge is 2.07. The van der Waals surface area contributed by atoms with Crippen LogP contribution in [-0.2, 0) is 0 Å². The molecule has 1 heterocycles. The van der Waals surface area contributed by atoms with E-state index in [2.05, 4.69) is 4.98 Å². The molecule has 100 valence electrons. The number of nitrogen functional groups attached to an aromatic ring is 1. The van der Waals surface area contributed by atoms with Gasteiger partial charge in [0.25, 0.3) is 0 Å². The minimum absolute atomic E-state index is 0.514. The van der Waals surface area contributed by atoms with Gasteiger partial charge in [0, 0.05) is 11.8 Å². The van der Waals surface area contributed by atoms with Gasteiger partial charge in [-0.25, -0.2) is 4.98 Å². The fraction of sp³-hybridized carbons (Fsp3) is 0.267. The van der Waals surface area contributed by atoms with E-state index in [1.54, 1.807) is 12.3 Å². The molecule has 0 radical (unpaired) electrons. The minimum atomic E-state index is 0.514. The summed E-state index contributed by atoms with van der Waals surface area (Å²) in [6.07, 6.45) is 1.75. The first-order chi connectivity index (χ1) is 9.24. The van der Waals surface area contributed by atoms with Gasteiger partial charge in [-0.3, -0.25) is 0 Å². The fourth-order valence-electron chi connectivity index (χ4n) is 1.81. The van der Waals surface area contributed by atoms with Gasteiger partial charge in [0.05, 0.1) is 13.2 Å². The Bertz CT molecular complexity index is 538. The van der Waals surface area contributed by atoms with Crippen molar-refractivity contribution in [2.75, 3.05) is 18.9 Å². The maximum atomic E-state index is 5.61. The van der Waals surface area contributed by atoms with E-state index in [4.69, 9.17) is 15.2 Å². The molecule has 0 fully saturated rings. The number of anilines is 1. The van der Waals surface area contributed by atoms with Crippen LogP contribution in [-0.4, -0.2) is 18.2 Å². The van der Waals surface area contributed by atoms with Gasteiger partial charge in [-0.15, -0.1) is 0 Å². The molecule has 4 heteroatoms. The summed E-state index contributed by atoms with van der Waals surface area (Å²) < 4.78 is 11.1. The molecule has 4 nitrogen and oxygen atoms in total. The van der Waals surface area contributed by atoms with Gasteiger partial charge in [0.15, 0.2) is 11.5 Å². The second-order valence-electron chi connectivity index (χ2n) is 4.00. The minimum Gasteiger partial charge on any atom is -0.490 e. The molecule has 2 N–H and O–H groups in total. The average molecular weight is 258 g/mol. The van der Waals surface area contributed by atoms with Crippen LogP contribution in [0.25, 0.3) is 11.1 Å². The van der Waals surface area contributed by atoms with E-state index in [9.17, 15) is 0 Å². The molecular weight excluding hydrogens is 240 g/mol. The summed E-state index contributed by atoms with van der Waals surface area (Å²) in [7, 11) is 0. The number of hydrogen-bond acceptors (Lipinski definition) is 4. The van der Waals surface area contributed by atoms with Crippen LogP contribution < -0.4 is 15.2 Å². The van der Waals surface area contributed by atoms with Gasteiger partial charge >= 0.3 is 0 Å². The molecule has 1 aromatic carbocycles. The largest absolute Gasteiger partial charge is 0.490 e. The molecule has 19 heavy (non-hydrogen) atoms. The van der Waals surface area contributed by atoms with E-state index < -0.39 is 0 Å². The number of aromatic nitrogens is 1. The molecule has 0 saturated heterocycles. The Balaban J connectivity index is 2.36. The third kappa shape index (κ3) is 3.16. The summed E-state index contributed by atoms with van der Waals surface area (Å²) >= 11 is 0. The van der Waals surface area contributed by atoms with Crippen molar-refractivity contribution in [3.05, 3.63) is 36.5 Å². The van der Waals surface area contributed by atoms with E-state index >= 15 is 0 Å². The Morgan fingerprint density at radius 2 is 1.63 bits per heavy atom. The summed E-state index contributed by atoms with van der Waals surface area (Å²) in [6.45, 7) is 5.12. The molecule has 0 amide bonds. The third-order valence-electron chi connectivity index (χ3n) is 2.66. The van der Waals surface area contributed by atoms with Crippen LogP contribution in [0.1, 0.15) is 13.8 Å². The zero-order valence-corrected chi connectivity index (χ0v) is 11.2. The highest BCUT2D eigenvalue weighted by atomic mass is 16.5. The van der Waals surface area contributed by atoms with Gasteiger partial charge in [-0.05, 0) is 43.7 Å². The van der Waals surface area contributed by atoms with E-state index in [1.807, 2.05) is 38.1 Å². The summed E-state index contributed by atoms with van der Waals surface area (Å²) in [6, 6.07) is 9.59. The topological polar surface area (TPSA) is 57.4 Å². The SMILES string of the molecule is CCOc1ccc(-c2ccc(N)nc2)cc1OCC. The quantitative estimate of drug-likeness (QED) is 0.895. The summed E-state index contributed by atoms with van der Waals surface area (Å²) in [5.74, 6) is 2.02. The lowest BCUT2D eigenvalue weighted by Gasteiger charge is -2.12. The highest BCUT2D eigenvalue weighted by molar-refractivity contribution is 5.67. The Hall–Kier alpha value is -2.23. The zero-order chi connectivity index (χ0) is 13.7. The Morgan fingerprint density at radius 1 is 0.947 bits per heavy atom. The van der Waals surface area contributed by atoms with Crippen LogP contribution >= 0.6 is 0 Å². The molecule has 2 rings (SSSR count). The third-order valence-corrected chi connectivity index (χ3v) is 2.66. The number of benzene rings is 1. The highest BCUT2D eigenvalue weighted by Crippen LogP contribution is 2.32. The standard InChI is InChI=1S/C15H18N2O2/c1-3-18-13-7-5-11(9-14(13)19-4-2)12-6-8-15(16)17-10-12/h5-10H,3-4H2,1-2H3,(H2,16,17). The molecule has 0 saturated carbocycles. The van der Waals surface area contributed by atoms with Crippen molar-refractivity contribution in [1.29, 1.82) is 0 Å². The first kappa shape index (κ1) is 13.2. The van der Waals surface area contributed by atoms with Crippen LogP contribution in [0.15, 0.2) is 36.5 Å². The van der Waals surface area contributed by atoms with Crippen molar-refractivity contribution in [2.45, 2.75) is 13.8 Å². The van der Waals surface area contributed by atoms with Gasteiger partial charge in [0.2, 0.25) is 0 Å². The van der Waals surface area contributed by atoms with E-state index in [1.165, 1.54) is 0 Å². The number of nitrogens with zero attached hydrogens (tertiary/aromatic N) is 1. The molecule has 0 aliphatic rings. The smallest absolute Gasteiger partial charge is 0.161 e. The average Bonchev–Trinajstić information content (AvgIpc) is 2.42. The van der Waals surface area contributed by atoms with Crippen LogP contribution in [0, 0.1) is 0 Å². The molecule has 0 unspecified atom stereocenters. The van der Waals surface area contributed by atoms with Crippen molar-refractivity contribution in [3.8, 4) is 22.6 Å². The second kappa shape index (κ2) is 6.09. The van der Waals surface area contributed by atoms with Crippen molar-refractivity contribution in [3.63, 3.8) is 0 Å². The molecule has 0 bridgehead atoms. The van der Waals surface area contributed by atoms with Crippen LogP contribution in [0.3, 0.4) is 0 Å². The fourth-order valence-corrected chi connectivity index (χ4v) is 1.81. The lowest BCUT2D eigenvalue weighted by molar-refractivity contribution is 0.288. The number of pyridine rings is 1. The maximum Gasteiger partial charge on any atom is 0.161 e. The molecule has 1 aromatic heterocycles. The molecule has 0 aliphatic carbocycles. The van der Waals surface area contributed by atoms with Gasteiger partial charge < -0.3 is 15.2 Å². The van der Waals surface area contributed by atoms with Crippen molar-refractivity contribution in [2.24, 2.45) is 0 Å². The van der Waals surface area contributed by atoms with Crippen molar-refractivity contribution >= 4 is 5.82 Å². The monoisotopic (exact) mass is 258 g/mol. The van der Waals surface area contributed by atoms with Crippen molar-refractivity contribution in [1.82, 2.24) is 4.98 Å². The second-order valence-corrected chi connectivity index (χ2v) is 4.00. The Morgan fingerprint density at radius 3 is 2.26 bits per heavy atom. The zero-order valence-electron chi connectivity index (χ0n) is 11.2. The van der Waals surface area contributed by atoms with Gasteiger partial charge in [0.1, 0.15) is 5.82 Å². The van der Waals surface area contributed by atoms with Crippen LogP contribution in [0.2, 0.25) is 0 Å². The molecule has 0 aliphatic heterocycles. The maximum absolute atomic E-state index is 5.61. The summed E-state index contributed by atoms with van der Waals surface area (Å²) in [5.41, 5.74) is 7.62.